The second-order valence-corrected chi connectivity index (χ2v) is 8.76. The molecule has 1 unspecified atom stereocenters. The third-order valence-corrected chi connectivity index (χ3v) is 4.98. The number of ether oxygens (including phenoxy) is 1. The Morgan fingerprint density at radius 2 is 1.90 bits per heavy atom. The van der Waals surface area contributed by atoms with E-state index < -0.39 is 6.10 Å². The maximum atomic E-state index is 12.5. The Morgan fingerprint density at radius 3 is 2.62 bits per heavy atom. The topological polar surface area (TPSA) is 89.0 Å². The molecule has 1 aliphatic heterocycles. The van der Waals surface area contributed by atoms with Gasteiger partial charge in [0, 0.05) is 23.6 Å². The van der Waals surface area contributed by atoms with Crippen molar-refractivity contribution in [1.82, 2.24) is 10.6 Å². The Labute approximate surface area is 172 Å². The predicted octanol–water partition coefficient (Wildman–Crippen LogP) is 2.92. The van der Waals surface area contributed by atoms with Gasteiger partial charge in [0.05, 0.1) is 5.71 Å². The molecule has 7 heteroatoms. The SMILES string of the molecule is CC(C)(C)NC(=O)COc1ccccc1C1=NOC(C(=O)NC2CCCCC2)C1. The van der Waals surface area contributed by atoms with Crippen molar-refractivity contribution in [2.45, 2.75) is 77.0 Å². The summed E-state index contributed by atoms with van der Waals surface area (Å²) in [6, 6.07) is 7.60. The molecule has 2 N–H and O–H groups in total. The molecule has 0 aromatic heterocycles. The van der Waals surface area contributed by atoms with Crippen molar-refractivity contribution >= 4 is 17.5 Å². The third kappa shape index (κ3) is 6.21. The van der Waals surface area contributed by atoms with Crippen LogP contribution in [0.25, 0.3) is 0 Å². The second-order valence-electron chi connectivity index (χ2n) is 8.76. The van der Waals surface area contributed by atoms with Crippen molar-refractivity contribution < 1.29 is 19.2 Å². The highest BCUT2D eigenvalue weighted by atomic mass is 16.6. The molecule has 0 saturated heterocycles. The highest BCUT2D eigenvalue weighted by Crippen LogP contribution is 2.25. The van der Waals surface area contributed by atoms with E-state index >= 15 is 0 Å². The molecule has 7 nitrogen and oxygen atoms in total. The van der Waals surface area contributed by atoms with Gasteiger partial charge in [-0.25, -0.2) is 0 Å². The van der Waals surface area contributed by atoms with Crippen molar-refractivity contribution in [1.29, 1.82) is 0 Å². The van der Waals surface area contributed by atoms with Gasteiger partial charge < -0.3 is 20.2 Å². The summed E-state index contributed by atoms with van der Waals surface area (Å²) in [5.41, 5.74) is 1.08. The molecule has 3 rings (SSSR count). The van der Waals surface area contributed by atoms with E-state index in [0.29, 0.717) is 17.9 Å². The van der Waals surface area contributed by atoms with E-state index in [-0.39, 0.29) is 30.0 Å². The van der Waals surface area contributed by atoms with Gasteiger partial charge in [0.1, 0.15) is 5.75 Å². The molecule has 2 aliphatic rings. The van der Waals surface area contributed by atoms with Crippen LogP contribution in [0.4, 0.5) is 0 Å². The Hall–Kier alpha value is -2.57. The molecule has 1 heterocycles. The lowest BCUT2D eigenvalue weighted by atomic mass is 9.95. The molecule has 0 bridgehead atoms. The van der Waals surface area contributed by atoms with E-state index in [2.05, 4.69) is 15.8 Å². The molecule has 0 radical (unpaired) electrons. The quantitative estimate of drug-likeness (QED) is 0.767. The number of nitrogens with zero attached hydrogens (tertiary/aromatic N) is 1. The lowest BCUT2D eigenvalue weighted by molar-refractivity contribution is -0.132. The average Bonchev–Trinajstić information content (AvgIpc) is 3.16. The Balaban J connectivity index is 1.57. The normalized spacial score (nSPS) is 19.8. The monoisotopic (exact) mass is 401 g/mol. The standard InChI is InChI=1S/C22H31N3O4/c1-22(2,3)24-20(26)14-28-18-12-8-7-11-16(18)17-13-19(29-25-17)21(27)23-15-9-5-4-6-10-15/h7-8,11-12,15,19H,4-6,9-10,13-14H2,1-3H3,(H,23,27)(H,24,26). The summed E-state index contributed by atoms with van der Waals surface area (Å²) in [4.78, 5) is 30.0. The summed E-state index contributed by atoms with van der Waals surface area (Å²) in [5.74, 6) is 0.243. The maximum Gasteiger partial charge on any atom is 0.264 e. The first-order valence-corrected chi connectivity index (χ1v) is 10.4. The number of benzene rings is 1. The van der Waals surface area contributed by atoms with Crippen LogP contribution in [-0.4, -0.2) is 41.8 Å². The fourth-order valence-corrected chi connectivity index (χ4v) is 3.65. The van der Waals surface area contributed by atoms with Gasteiger partial charge in [-0.05, 0) is 45.7 Å². The summed E-state index contributed by atoms with van der Waals surface area (Å²) >= 11 is 0. The van der Waals surface area contributed by atoms with Crippen molar-refractivity contribution in [2.75, 3.05) is 6.61 Å². The van der Waals surface area contributed by atoms with E-state index in [4.69, 9.17) is 9.57 Å². The molecule has 1 fully saturated rings. The van der Waals surface area contributed by atoms with Gasteiger partial charge in [-0.3, -0.25) is 9.59 Å². The first kappa shape index (κ1) is 21.1. The molecular weight excluding hydrogens is 370 g/mol. The molecule has 158 valence electrons. The molecule has 0 spiro atoms. The lowest BCUT2D eigenvalue weighted by Crippen LogP contribution is -2.43. The average molecular weight is 402 g/mol. The summed E-state index contributed by atoms with van der Waals surface area (Å²) < 4.78 is 5.73. The number of hydrogen-bond acceptors (Lipinski definition) is 5. The van der Waals surface area contributed by atoms with E-state index in [1.165, 1.54) is 6.42 Å². The van der Waals surface area contributed by atoms with Gasteiger partial charge in [-0.15, -0.1) is 0 Å². The number of rotatable bonds is 6. The number of carbonyl (C=O) groups is 2. The Bertz CT molecular complexity index is 764. The summed E-state index contributed by atoms with van der Waals surface area (Å²) in [7, 11) is 0. The smallest absolute Gasteiger partial charge is 0.264 e. The summed E-state index contributed by atoms with van der Waals surface area (Å²) in [5, 5.41) is 10.1. The lowest BCUT2D eigenvalue weighted by Gasteiger charge is -2.23. The van der Waals surface area contributed by atoms with E-state index in [1.54, 1.807) is 6.07 Å². The molecular formula is C22H31N3O4. The van der Waals surface area contributed by atoms with Crippen LogP contribution >= 0.6 is 0 Å². The first-order chi connectivity index (χ1) is 13.8. The van der Waals surface area contributed by atoms with Crippen LogP contribution in [0.15, 0.2) is 29.4 Å². The summed E-state index contributed by atoms with van der Waals surface area (Å²) in [6.45, 7) is 5.67. The molecule has 1 aromatic carbocycles. The van der Waals surface area contributed by atoms with Crippen molar-refractivity contribution in [2.24, 2.45) is 5.16 Å². The van der Waals surface area contributed by atoms with Crippen LogP contribution in [0.1, 0.15) is 64.9 Å². The summed E-state index contributed by atoms with van der Waals surface area (Å²) in [6.07, 6.45) is 5.37. The van der Waals surface area contributed by atoms with Crippen LogP contribution in [-0.2, 0) is 14.4 Å². The van der Waals surface area contributed by atoms with Gasteiger partial charge in [0.25, 0.3) is 11.8 Å². The first-order valence-electron chi connectivity index (χ1n) is 10.4. The van der Waals surface area contributed by atoms with Gasteiger partial charge in [-0.1, -0.05) is 36.6 Å². The largest absolute Gasteiger partial charge is 0.483 e. The molecule has 1 aliphatic carbocycles. The van der Waals surface area contributed by atoms with Gasteiger partial charge in [0.2, 0.25) is 6.10 Å². The third-order valence-electron chi connectivity index (χ3n) is 4.98. The van der Waals surface area contributed by atoms with E-state index in [0.717, 1.165) is 31.2 Å². The fourth-order valence-electron chi connectivity index (χ4n) is 3.65. The molecule has 1 aromatic rings. The minimum atomic E-state index is -0.621. The van der Waals surface area contributed by atoms with Gasteiger partial charge in [0.15, 0.2) is 6.61 Å². The Kier molecular flexibility index (Phi) is 6.77. The number of para-hydroxylation sites is 1. The zero-order valence-corrected chi connectivity index (χ0v) is 17.5. The van der Waals surface area contributed by atoms with Gasteiger partial charge in [-0.2, -0.15) is 0 Å². The minimum Gasteiger partial charge on any atom is -0.483 e. The number of oxime groups is 1. The zero-order valence-electron chi connectivity index (χ0n) is 17.5. The highest BCUT2D eigenvalue weighted by Gasteiger charge is 2.31. The number of nitrogens with one attached hydrogen (secondary N) is 2. The molecule has 1 saturated carbocycles. The van der Waals surface area contributed by atoms with Crippen LogP contribution in [0, 0.1) is 0 Å². The van der Waals surface area contributed by atoms with Crippen molar-refractivity contribution in [3.05, 3.63) is 29.8 Å². The minimum absolute atomic E-state index is 0.0893. The second kappa shape index (κ2) is 9.29. The maximum absolute atomic E-state index is 12.5. The van der Waals surface area contributed by atoms with Crippen LogP contribution in [0.5, 0.6) is 5.75 Å². The van der Waals surface area contributed by atoms with Crippen LogP contribution in [0.3, 0.4) is 0 Å². The number of hydrogen-bond donors (Lipinski definition) is 2. The van der Waals surface area contributed by atoms with Gasteiger partial charge >= 0.3 is 0 Å². The fraction of sp³-hybridized carbons (Fsp3) is 0.591. The molecule has 1 atom stereocenters. The van der Waals surface area contributed by atoms with Crippen molar-refractivity contribution in [3.8, 4) is 5.75 Å². The van der Waals surface area contributed by atoms with Crippen LogP contribution in [0.2, 0.25) is 0 Å². The molecule has 29 heavy (non-hydrogen) atoms. The number of carbonyl (C=O) groups excluding carboxylic acids is 2. The van der Waals surface area contributed by atoms with Crippen LogP contribution < -0.4 is 15.4 Å². The Morgan fingerprint density at radius 1 is 1.17 bits per heavy atom. The van der Waals surface area contributed by atoms with E-state index in [9.17, 15) is 9.59 Å². The van der Waals surface area contributed by atoms with Crippen molar-refractivity contribution in [3.63, 3.8) is 0 Å². The zero-order chi connectivity index (χ0) is 20.9. The molecule has 2 amide bonds. The highest BCUT2D eigenvalue weighted by molar-refractivity contribution is 6.06. The predicted molar refractivity (Wildman–Crippen MR) is 111 cm³/mol. The van der Waals surface area contributed by atoms with E-state index in [1.807, 2.05) is 39.0 Å². The number of amides is 2.